The van der Waals surface area contributed by atoms with E-state index in [1.807, 2.05) is 13.8 Å². The third-order valence-corrected chi connectivity index (χ3v) is 3.34. The van der Waals surface area contributed by atoms with Gasteiger partial charge in [-0.1, -0.05) is 26.0 Å². The fourth-order valence-corrected chi connectivity index (χ4v) is 2.54. The van der Waals surface area contributed by atoms with Crippen molar-refractivity contribution in [3.63, 3.8) is 0 Å². The van der Waals surface area contributed by atoms with Crippen LogP contribution in [-0.2, 0) is 5.41 Å². The number of benzene rings is 1. The average Bonchev–Trinajstić information content (AvgIpc) is 2.23. The first-order valence-corrected chi connectivity index (χ1v) is 5.48. The SMILES string of the molecule is CNC1CC(C)(C)c2c(F)cccc2C1=O. The van der Waals surface area contributed by atoms with Gasteiger partial charge in [-0.05, 0) is 24.9 Å². The van der Waals surface area contributed by atoms with Gasteiger partial charge >= 0.3 is 0 Å². The Hall–Kier alpha value is -1.22. The van der Waals surface area contributed by atoms with E-state index >= 15 is 0 Å². The molecule has 0 fully saturated rings. The van der Waals surface area contributed by atoms with Gasteiger partial charge in [-0.2, -0.15) is 0 Å². The summed E-state index contributed by atoms with van der Waals surface area (Å²) in [5.41, 5.74) is 0.782. The Labute approximate surface area is 94.9 Å². The smallest absolute Gasteiger partial charge is 0.180 e. The molecule has 1 aliphatic rings. The van der Waals surface area contributed by atoms with E-state index in [4.69, 9.17) is 0 Å². The highest BCUT2D eigenvalue weighted by Crippen LogP contribution is 2.38. The minimum Gasteiger partial charge on any atom is -0.310 e. The Morgan fingerprint density at radius 2 is 2.12 bits per heavy atom. The minimum atomic E-state index is -0.303. The molecule has 2 rings (SSSR count). The van der Waals surface area contributed by atoms with E-state index in [1.54, 1.807) is 19.2 Å². The van der Waals surface area contributed by atoms with Crippen molar-refractivity contribution in [1.29, 1.82) is 0 Å². The van der Waals surface area contributed by atoms with Crippen LogP contribution in [-0.4, -0.2) is 18.9 Å². The third-order valence-electron chi connectivity index (χ3n) is 3.34. The molecule has 2 nitrogen and oxygen atoms in total. The predicted molar refractivity (Wildman–Crippen MR) is 61.2 cm³/mol. The van der Waals surface area contributed by atoms with Crippen LogP contribution in [0.25, 0.3) is 0 Å². The molecule has 0 saturated heterocycles. The number of carbonyl (C=O) groups is 1. The summed E-state index contributed by atoms with van der Waals surface area (Å²) in [7, 11) is 1.77. The van der Waals surface area contributed by atoms with Gasteiger partial charge in [-0.15, -0.1) is 0 Å². The normalized spacial score (nSPS) is 23.0. The summed E-state index contributed by atoms with van der Waals surface area (Å²) in [6, 6.07) is 4.53. The van der Waals surface area contributed by atoms with E-state index in [0.717, 1.165) is 0 Å². The lowest BCUT2D eigenvalue weighted by Gasteiger charge is -2.36. The highest BCUT2D eigenvalue weighted by atomic mass is 19.1. The standard InChI is InChI=1S/C13H16FNO/c1-13(2)7-10(15-3)12(16)8-5-4-6-9(14)11(8)13/h4-6,10,15H,7H2,1-3H3. The van der Waals surface area contributed by atoms with Crippen LogP contribution >= 0.6 is 0 Å². The van der Waals surface area contributed by atoms with Gasteiger partial charge in [0, 0.05) is 11.1 Å². The quantitative estimate of drug-likeness (QED) is 0.788. The summed E-state index contributed by atoms with van der Waals surface area (Å²) in [6.07, 6.45) is 0.635. The first kappa shape index (κ1) is 11.3. The molecule has 0 spiro atoms. The summed E-state index contributed by atoms with van der Waals surface area (Å²) < 4.78 is 13.8. The summed E-state index contributed by atoms with van der Waals surface area (Å²) in [4.78, 5) is 12.1. The van der Waals surface area contributed by atoms with E-state index in [2.05, 4.69) is 5.32 Å². The van der Waals surface area contributed by atoms with Crippen LogP contribution in [0.2, 0.25) is 0 Å². The zero-order valence-electron chi connectivity index (χ0n) is 9.80. The fraction of sp³-hybridized carbons (Fsp3) is 0.462. The highest BCUT2D eigenvalue weighted by Gasteiger charge is 2.39. The number of carbonyl (C=O) groups excluding carboxylic acids is 1. The van der Waals surface area contributed by atoms with Crippen molar-refractivity contribution in [2.24, 2.45) is 0 Å². The Morgan fingerprint density at radius 3 is 2.75 bits per heavy atom. The maximum atomic E-state index is 13.8. The molecule has 1 N–H and O–H groups in total. The minimum absolute atomic E-state index is 0.00340. The molecule has 0 heterocycles. The first-order chi connectivity index (χ1) is 7.47. The Morgan fingerprint density at radius 1 is 1.44 bits per heavy atom. The molecule has 0 aliphatic heterocycles. The molecule has 86 valence electrons. The second-order valence-corrected chi connectivity index (χ2v) is 4.96. The summed E-state index contributed by atoms with van der Waals surface area (Å²) in [6.45, 7) is 3.96. The van der Waals surface area contributed by atoms with E-state index in [-0.39, 0.29) is 23.1 Å². The van der Waals surface area contributed by atoms with Crippen LogP contribution in [0.3, 0.4) is 0 Å². The molecule has 1 aromatic carbocycles. The van der Waals surface area contributed by atoms with Gasteiger partial charge in [0.15, 0.2) is 5.78 Å². The zero-order chi connectivity index (χ0) is 11.9. The van der Waals surface area contributed by atoms with Crippen molar-refractivity contribution in [3.8, 4) is 0 Å². The molecule has 3 heteroatoms. The van der Waals surface area contributed by atoms with Gasteiger partial charge in [-0.3, -0.25) is 4.79 Å². The van der Waals surface area contributed by atoms with E-state index in [9.17, 15) is 9.18 Å². The Bertz CT molecular complexity index is 440. The van der Waals surface area contributed by atoms with Gasteiger partial charge in [0.1, 0.15) is 5.82 Å². The molecule has 1 atom stereocenters. The summed E-state index contributed by atoms with van der Waals surface area (Å²) >= 11 is 0. The number of fused-ring (bicyclic) bond motifs is 1. The number of likely N-dealkylation sites (N-methyl/N-ethyl adjacent to an activating group) is 1. The number of ketones is 1. The zero-order valence-corrected chi connectivity index (χ0v) is 9.80. The molecule has 0 saturated carbocycles. The number of rotatable bonds is 1. The first-order valence-electron chi connectivity index (χ1n) is 5.48. The fourth-order valence-electron chi connectivity index (χ4n) is 2.54. The largest absolute Gasteiger partial charge is 0.310 e. The predicted octanol–water partition coefficient (Wildman–Crippen LogP) is 2.28. The molecule has 1 unspecified atom stereocenters. The average molecular weight is 221 g/mol. The van der Waals surface area contributed by atoms with Gasteiger partial charge in [0.25, 0.3) is 0 Å². The molecule has 0 amide bonds. The second-order valence-electron chi connectivity index (χ2n) is 4.96. The Balaban J connectivity index is 2.63. The third kappa shape index (κ3) is 1.55. The summed E-state index contributed by atoms with van der Waals surface area (Å²) in [5, 5.41) is 3.00. The van der Waals surface area contributed by atoms with Crippen LogP contribution in [0.5, 0.6) is 0 Å². The van der Waals surface area contributed by atoms with Crippen LogP contribution < -0.4 is 5.32 Å². The van der Waals surface area contributed by atoms with Gasteiger partial charge < -0.3 is 5.32 Å². The van der Waals surface area contributed by atoms with Crippen molar-refractivity contribution in [2.45, 2.75) is 31.7 Å². The van der Waals surface area contributed by atoms with E-state index < -0.39 is 0 Å². The molecule has 0 aromatic heterocycles. The van der Waals surface area contributed by atoms with Crippen molar-refractivity contribution >= 4 is 5.78 Å². The van der Waals surface area contributed by atoms with Crippen LogP contribution in [0.1, 0.15) is 36.2 Å². The van der Waals surface area contributed by atoms with Crippen LogP contribution in [0.15, 0.2) is 18.2 Å². The number of hydrogen-bond donors (Lipinski definition) is 1. The van der Waals surface area contributed by atoms with Gasteiger partial charge in [0.2, 0.25) is 0 Å². The van der Waals surface area contributed by atoms with E-state index in [0.29, 0.717) is 17.5 Å². The number of Topliss-reactive ketones (excluding diaryl/α,β-unsaturated/α-hetero) is 1. The van der Waals surface area contributed by atoms with Crippen LogP contribution in [0, 0.1) is 5.82 Å². The topological polar surface area (TPSA) is 29.1 Å². The molecule has 16 heavy (non-hydrogen) atoms. The van der Waals surface area contributed by atoms with Crippen molar-refractivity contribution < 1.29 is 9.18 Å². The van der Waals surface area contributed by atoms with Crippen molar-refractivity contribution in [2.75, 3.05) is 7.05 Å². The van der Waals surface area contributed by atoms with Crippen molar-refractivity contribution in [3.05, 3.63) is 35.1 Å². The molecule has 0 bridgehead atoms. The number of hydrogen-bond acceptors (Lipinski definition) is 2. The Kier molecular flexibility index (Phi) is 2.58. The number of nitrogens with one attached hydrogen (secondary N) is 1. The van der Waals surface area contributed by atoms with Crippen molar-refractivity contribution in [1.82, 2.24) is 5.32 Å². The second kappa shape index (κ2) is 3.67. The number of halogens is 1. The van der Waals surface area contributed by atoms with Gasteiger partial charge in [0.05, 0.1) is 6.04 Å². The summed E-state index contributed by atoms with van der Waals surface area (Å²) in [5.74, 6) is -0.276. The van der Waals surface area contributed by atoms with Gasteiger partial charge in [-0.25, -0.2) is 4.39 Å². The maximum Gasteiger partial charge on any atom is 0.180 e. The van der Waals surface area contributed by atoms with E-state index in [1.165, 1.54) is 6.07 Å². The molecule has 0 radical (unpaired) electrons. The molecule has 1 aliphatic carbocycles. The lowest BCUT2D eigenvalue weighted by Crippen LogP contribution is -2.45. The lowest BCUT2D eigenvalue weighted by atomic mass is 9.70. The molecular formula is C13H16FNO. The van der Waals surface area contributed by atoms with Crippen LogP contribution in [0.4, 0.5) is 4.39 Å². The molecular weight excluding hydrogens is 205 g/mol. The maximum absolute atomic E-state index is 13.8. The monoisotopic (exact) mass is 221 g/mol. The highest BCUT2D eigenvalue weighted by molar-refractivity contribution is 6.03. The molecule has 1 aromatic rings. The lowest BCUT2D eigenvalue weighted by molar-refractivity contribution is 0.0908.